The van der Waals surface area contributed by atoms with Crippen LogP contribution < -0.4 is 15.0 Å². The zero-order chi connectivity index (χ0) is 23.2. The number of piperazine rings is 1. The maximum absolute atomic E-state index is 12.8. The largest absolute Gasteiger partial charge is 0.497 e. The zero-order valence-corrected chi connectivity index (χ0v) is 18.6. The summed E-state index contributed by atoms with van der Waals surface area (Å²) in [5.74, 6) is 0.0974. The highest BCUT2D eigenvalue weighted by atomic mass is 16.5. The number of methoxy groups -OCH3 is 1. The van der Waals surface area contributed by atoms with Gasteiger partial charge in [-0.2, -0.15) is 0 Å². The van der Waals surface area contributed by atoms with Crippen LogP contribution in [-0.4, -0.2) is 73.5 Å². The Balaban J connectivity index is 1.26. The molecule has 2 heterocycles. The monoisotopic (exact) mass is 448 g/mol. The average Bonchev–Trinajstić information content (AvgIpc) is 3.12. The highest BCUT2D eigenvalue weighted by Crippen LogP contribution is 2.23. The van der Waals surface area contributed by atoms with Gasteiger partial charge in [0.25, 0.3) is 5.91 Å². The van der Waals surface area contributed by atoms with E-state index in [-0.39, 0.29) is 12.3 Å². The molecular weight excluding hydrogens is 420 g/mol. The Morgan fingerprint density at radius 3 is 2.39 bits per heavy atom. The summed E-state index contributed by atoms with van der Waals surface area (Å²) in [5, 5.41) is 2.64. The van der Waals surface area contributed by atoms with Crippen LogP contribution in [0.3, 0.4) is 0 Å². The number of nitrogens with zero attached hydrogens (tertiary/aromatic N) is 3. The van der Waals surface area contributed by atoms with Crippen molar-refractivity contribution in [2.24, 2.45) is 0 Å². The van der Waals surface area contributed by atoms with Gasteiger partial charge in [0, 0.05) is 32.7 Å². The van der Waals surface area contributed by atoms with Gasteiger partial charge in [-0.15, -0.1) is 0 Å². The lowest BCUT2D eigenvalue weighted by molar-refractivity contribution is -0.135. The number of imide groups is 1. The molecule has 0 aliphatic carbocycles. The van der Waals surface area contributed by atoms with Gasteiger partial charge in [0.15, 0.2) is 0 Å². The number of amides is 4. The maximum Gasteiger partial charge on any atom is 0.329 e. The Labute approximate surface area is 193 Å². The van der Waals surface area contributed by atoms with Crippen molar-refractivity contribution in [1.29, 1.82) is 0 Å². The topological polar surface area (TPSA) is 82.2 Å². The molecule has 4 rings (SSSR count). The van der Waals surface area contributed by atoms with Crippen molar-refractivity contribution in [3.8, 4) is 5.75 Å². The zero-order valence-electron chi connectivity index (χ0n) is 18.6. The lowest BCUT2D eigenvalue weighted by Gasteiger charge is -2.34. The highest BCUT2D eigenvalue weighted by molar-refractivity contribution is 6.22. The molecule has 2 aromatic carbocycles. The number of anilines is 1. The molecule has 1 atom stereocenters. The van der Waals surface area contributed by atoms with Gasteiger partial charge >= 0.3 is 6.03 Å². The molecule has 0 aromatic heterocycles. The second-order valence-corrected chi connectivity index (χ2v) is 8.07. The number of hydrogen-bond acceptors (Lipinski definition) is 5. The summed E-state index contributed by atoms with van der Waals surface area (Å²) >= 11 is 0. The van der Waals surface area contributed by atoms with Crippen molar-refractivity contribution < 1.29 is 19.1 Å². The predicted molar refractivity (Wildman–Crippen MR) is 126 cm³/mol. The second kappa shape index (κ2) is 10.3. The quantitative estimate of drug-likeness (QED) is 0.658. The fourth-order valence-corrected chi connectivity index (χ4v) is 4.03. The molecule has 2 aliphatic rings. The lowest BCUT2D eigenvalue weighted by atomic mass is 10.1. The molecule has 0 bridgehead atoms. The molecular formula is C25H28N4O4. The van der Waals surface area contributed by atoms with Crippen LogP contribution >= 0.6 is 0 Å². The van der Waals surface area contributed by atoms with E-state index in [9.17, 15) is 14.4 Å². The number of hydrogen-bond donors (Lipinski definition) is 1. The number of nitrogens with one attached hydrogen (secondary N) is 1. The van der Waals surface area contributed by atoms with Gasteiger partial charge in [-0.05, 0) is 29.8 Å². The van der Waals surface area contributed by atoms with E-state index in [1.54, 1.807) is 36.3 Å². The molecule has 4 amide bonds. The third-order valence-electron chi connectivity index (χ3n) is 5.93. The van der Waals surface area contributed by atoms with Crippen molar-refractivity contribution in [3.63, 3.8) is 0 Å². The van der Waals surface area contributed by atoms with Gasteiger partial charge < -0.3 is 15.0 Å². The Bertz CT molecular complexity index is 1010. The standard InChI is InChI=1S/C25H28N4O4/c1-33-21-11-9-20(10-12-21)29-24(31)22(26-25(29)32)18-23(30)28-16-14-27(15-17-28)13-5-8-19-6-3-2-4-7-19/h2-12,22H,13-18H2,1H3,(H,26,32)/b8-5+/t22-/m0/s1. The summed E-state index contributed by atoms with van der Waals surface area (Å²) in [5.41, 5.74) is 1.61. The lowest BCUT2D eigenvalue weighted by Crippen LogP contribution is -2.50. The van der Waals surface area contributed by atoms with Crippen LogP contribution in [0.15, 0.2) is 60.7 Å². The number of ether oxygens (including phenoxy) is 1. The number of carbonyl (C=O) groups is 3. The molecule has 2 aliphatic heterocycles. The number of carbonyl (C=O) groups excluding carboxylic acids is 3. The van der Waals surface area contributed by atoms with Crippen LogP contribution in [0.25, 0.3) is 6.08 Å². The van der Waals surface area contributed by atoms with Crippen molar-refractivity contribution in [2.75, 3.05) is 44.7 Å². The summed E-state index contributed by atoms with van der Waals surface area (Å²) in [7, 11) is 1.55. The first-order valence-electron chi connectivity index (χ1n) is 11.1. The van der Waals surface area contributed by atoms with Crippen molar-refractivity contribution in [2.45, 2.75) is 12.5 Å². The molecule has 8 heteroatoms. The summed E-state index contributed by atoms with van der Waals surface area (Å²) in [6.45, 7) is 3.58. The van der Waals surface area contributed by atoms with E-state index in [4.69, 9.17) is 4.74 Å². The molecule has 2 saturated heterocycles. The van der Waals surface area contributed by atoms with E-state index in [1.165, 1.54) is 5.56 Å². The predicted octanol–water partition coefficient (Wildman–Crippen LogP) is 2.37. The highest BCUT2D eigenvalue weighted by Gasteiger charge is 2.40. The Hall–Kier alpha value is -3.65. The minimum atomic E-state index is -0.848. The van der Waals surface area contributed by atoms with Crippen LogP contribution in [0.4, 0.5) is 10.5 Å². The maximum atomic E-state index is 12.8. The van der Waals surface area contributed by atoms with Crippen LogP contribution in [0.5, 0.6) is 5.75 Å². The summed E-state index contributed by atoms with van der Waals surface area (Å²) in [6.07, 6.45) is 4.19. The van der Waals surface area contributed by atoms with Crippen molar-refractivity contribution in [1.82, 2.24) is 15.1 Å². The van der Waals surface area contributed by atoms with Crippen molar-refractivity contribution >= 4 is 29.6 Å². The molecule has 0 unspecified atom stereocenters. The molecule has 2 aromatic rings. The average molecular weight is 449 g/mol. The third kappa shape index (κ3) is 5.40. The fraction of sp³-hybridized carbons (Fsp3) is 0.320. The molecule has 1 N–H and O–H groups in total. The SMILES string of the molecule is COc1ccc(N2C(=O)N[C@@H](CC(=O)N3CCN(C/C=C/c4ccccc4)CC3)C2=O)cc1. The minimum Gasteiger partial charge on any atom is -0.497 e. The van der Waals surface area contributed by atoms with Crippen molar-refractivity contribution in [3.05, 3.63) is 66.2 Å². The van der Waals surface area contributed by atoms with E-state index in [0.717, 1.165) is 24.5 Å². The second-order valence-electron chi connectivity index (χ2n) is 8.07. The summed E-state index contributed by atoms with van der Waals surface area (Å²) in [4.78, 5) is 43.1. The Kier molecular flexibility index (Phi) is 7.04. The van der Waals surface area contributed by atoms with Crippen LogP contribution in [0.1, 0.15) is 12.0 Å². The van der Waals surface area contributed by atoms with Gasteiger partial charge in [-0.1, -0.05) is 42.5 Å². The third-order valence-corrected chi connectivity index (χ3v) is 5.93. The smallest absolute Gasteiger partial charge is 0.329 e. The molecule has 2 fully saturated rings. The van der Waals surface area contributed by atoms with E-state index in [0.29, 0.717) is 24.5 Å². The first-order chi connectivity index (χ1) is 16.0. The van der Waals surface area contributed by atoms with E-state index < -0.39 is 18.0 Å². The Morgan fingerprint density at radius 2 is 1.73 bits per heavy atom. The molecule has 172 valence electrons. The van der Waals surface area contributed by atoms with Gasteiger partial charge in [-0.25, -0.2) is 9.69 Å². The van der Waals surface area contributed by atoms with Crippen LogP contribution in [-0.2, 0) is 9.59 Å². The molecule has 0 radical (unpaired) electrons. The molecule has 0 spiro atoms. The van der Waals surface area contributed by atoms with E-state index in [1.807, 2.05) is 18.2 Å². The van der Waals surface area contributed by atoms with E-state index in [2.05, 4.69) is 34.5 Å². The first-order valence-corrected chi connectivity index (χ1v) is 11.1. The van der Waals surface area contributed by atoms with Crippen LogP contribution in [0, 0.1) is 0 Å². The van der Waals surface area contributed by atoms with Gasteiger partial charge in [0.05, 0.1) is 19.2 Å². The summed E-state index contributed by atoms with van der Waals surface area (Å²) < 4.78 is 5.11. The molecule has 8 nitrogen and oxygen atoms in total. The first kappa shape index (κ1) is 22.5. The number of urea groups is 1. The number of benzene rings is 2. The van der Waals surface area contributed by atoms with E-state index >= 15 is 0 Å². The number of rotatable bonds is 7. The van der Waals surface area contributed by atoms with Gasteiger partial charge in [-0.3, -0.25) is 14.5 Å². The van der Waals surface area contributed by atoms with Gasteiger partial charge in [0.2, 0.25) is 5.91 Å². The molecule has 0 saturated carbocycles. The minimum absolute atomic E-state index is 0.0366. The van der Waals surface area contributed by atoms with Gasteiger partial charge in [0.1, 0.15) is 11.8 Å². The Morgan fingerprint density at radius 1 is 1.03 bits per heavy atom. The molecule has 33 heavy (non-hydrogen) atoms. The summed E-state index contributed by atoms with van der Waals surface area (Å²) in [6, 6.07) is 15.4. The normalized spacial score (nSPS) is 19.2. The fourth-order valence-electron chi connectivity index (χ4n) is 4.03. The van der Waals surface area contributed by atoms with Crippen LogP contribution in [0.2, 0.25) is 0 Å².